The number of carboxylic acids is 1. The molecule has 0 aliphatic heterocycles. The van der Waals surface area contributed by atoms with Gasteiger partial charge in [0, 0.05) is 13.0 Å². The van der Waals surface area contributed by atoms with Crippen LogP contribution < -0.4 is 5.69 Å². The molecular weight excluding hydrogens is 402 g/mol. The van der Waals surface area contributed by atoms with Gasteiger partial charge in [-0.25, -0.2) is 14.3 Å². The van der Waals surface area contributed by atoms with Crippen molar-refractivity contribution in [3.8, 4) is 11.1 Å². The van der Waals surface area contributed by atoms with E-state index in [2.05, 4.69) is 25.9 Å². The van der Waals surface area contributed by atoms with Crippen LogP contribution in [0.25, 0.3) is 11.1 Å². The third-order valence-electron chi connectivity index (χ3n) is 5.55. The van der Waals surface area contributed by atoms with Crippen LogP contribution in [0.2, 0.25) is 0 Å². The summed E-state index contributed by atoms with van der Waals surface area (Å²) in [5.74, 6) is 0.242. The Kier molecular flexibility index (Phi) is 8.03. The highest BCUT2D eigenvalue weighted by atomic mass is 16.4. The van der Waals surface area contributed by atoms with Crippen molar-refractivity contribution in [1.29, 1.82) is 0 Å². The first kappa shape index (κ1) is 23.5. The maximum Gasteiger partial charge on any atom is 0.346 e. The molecule has 3 rings (SSSR count). The Labute approximate surface area is 189 Å². The van der Waals surface area contributed by atoms with E-state index >= 15 is 0 Å². The minimum Gasteiger partial charge on any atom is -0.478 e. The third-order valence-corrected chi connectivity index (χ3v) is 5.55. The number of aromatic nitrogens is 3. The van der Waals surface area contributed by atoms with Gasteiger partial charge in [-0.2, -0.15) is 5.10 Å². The first-order chi connectivity index (χ1) is 15.4. The molecule has 6 heteroatoms. The summed E-state index contributed by atoms with van der Waals surface area (Å²) in [5, 5.41) is 14.1. The number of carboxylic acid groups (broad SMARTS) is 1. The molecular formula is C26H33N3O3. The zero-order valence-electron chi connectivity index (χ0n) is 19.3. The lowest BCUT2D eigenvalue weighted by Crippen LogP contribution is -2.27. The summed E-state index contributed by atoms with van der Waals surface area (Å²) in [4.78, 5) is 24.6. The summed E-state index contributed by atoms with van der Waals surface area (Å²) in [5.41, 5.74) is 2.73. The zero-order valence-corrected chi connectivity index (χ0v) is 19.3. The van der Waals surface area contributed by atoms with Gasteiger partial charge < -0.3 is 5.11 Å². The van der Waals surface area contributed by atoms with Gasteiger partial charge in [0.25, 0.3) is 0 Å². The summed E-state index contributed by atoms with van der Waals surface area (Å²) in [7, 11) is 0. The topological polar surface area (TPSA) is 77.1 Å². The number of aromatic carboxylic acids is 1. The molecule has 0 spiro atoms. The standard InChI is InChI=1S/C26H33N3O3/c1-4-5-6-7-12-24-27-29(17-19(2)3)26(32)28(24)18-20-13-15-21(16-14-20)22-10-8-9-11-23(22)25(30)31/h8-11,13-16,19H,4-7,12,17-18H2,1-3H3,(H,30,31). The number of hydrogen-bond acceptors (Lipinski definition) is 3. The van der Waals surface area contributed by atoms with Gasteiger partial charge in [0.1, 0.15) is 5.82 Å². The van der Waals surface area contributed by atoms with Crippen molar-refractivity contribution in [2.24, 2.45) is 5.92 Å². The average Bonchev–Trinajstić information content (AvgIpc) is 3.05. The molecule has 0 saturated heterocycles. The lowest BCUT2D eigenvalue weighted by Gasteiger charge is -2.09. The molecule has 170 valence electrons. The molecule has 0 saturated carbocycles. The monoisotopic (exact) mass is 435 g/mol. The maximum absolute atomic E-state index is 13.0. The molecule has 1 heterocycles. The van der Waals surface area contributed by atoms with Gasteiger partial charge in [-0.3, -0.25) is 4.57 Å². The van der Waals surface area contributed by atoms with E-state index in [0.29, 0.717) is 24.6 Å². The highest BCUT2D eigenvalue weighted by molar-refractivity contribution is 5.95. The normalized spacial score (nSPS) is 11.2. The van der Waals surface area contributed by atoms with Gasteiger partial charge in [-0.05, 0) is 35.1 Å². The Morgan fingerprint density at radius 3 is 2.41 bits per heavy atom. The summed E-state index contributed by atoms with van der Waals surface area (Å²) in [6.07, 6.45) is 5.32. The van der Waals surface area contributed by atoms with E-state index in [9.17, 15) is 14.7 Å². The van der Waals surface area contributed by atoms with Gasteiger partial charge in [0.2, 0.25) is 0 Å². The van der Waals surface area contributed by atoms with Crippen LogP contribution in [0, 0.1) is 5.92 Å². The van der Waals surface area contributed by atoms with Crippen molar-refractivity contribution in [2.75, 3.05) is 0 Å². The molecule has 6 nitrogen and oxygen atoms in total. The molecule has 0 bridgehead atoms. The van der Waals surface area contributed by atoms with Crippen molar-refractivity contribution in [3.63, 3.8) is 0 Å². The number of hydrogen-bond donors (Lipinski definition) is 1. The van der Waals surface area contributed by atoms with Crippen molar-refractivity contribution >= 4 is 5.97 Å². The van der Waals surface area contributed by atoms with E-state index in [1.54, 1.807) is 21.4 Å². The third kappa shape index (κ3) is 5.75. The minimum absolute atomic E-state index is 0.0653. The van der Waals surface area contributed by atoms with Crippen LogP contribution >= 0.6 is 0 Å². The summed E-state index contributed by atoms with van der Waals surface area (Å²) < 4.78 is 3.38. The molecule has 0 aliphatic carbocycles. The summed E-state index contributed by atoms with van der Waals surface area (Å²) in [6, 6.07) is 14.7. The maximum atomic E-state index is 13.0. The van der Waals surface area contributed by atoms with Crippen LogP contribution in [0.1, 0.15) is 68.2 Å². The molecule has 0 aliphatic rings. The number of rotatable bonds is 11. The van der Waals surface area contributed by atoms with Crippen LogP contribution in [0.5, 0.6) is 0 Å². The van der Waals surface area contributed by atoms with Gasteiger partial charge in [0.05, 0.1) is 12.1 Å². The second kappa shape index (κ2) is 10.9. The predicted octanol–water partition coefficient (Wildman–Crippen LogP) is 5.24. The van der Waals surface area contributed by atoms with Crippen molar-refractivity contribution in [2.45, 2.75) is 66.0 Å². The van der Waals surface area contributed by atoms with Gasteiger partial charge in [-0.1, -0.05) is 82.5 Å². The molecule has 0 radical (unpaired) electrons. The molecule has 0 atom stereocenters. The van der Waals surface area contributed by atoms with Crippen molar-refractivity contribution in [3.05, 3.63) is 76.0 Å². The zero-order chi connectivity index (χ0) is 23.1. The van der Waals surface area contributed by atoms with E-state index in [4.69, 9.17) is 0 Å². The number of aryl methyl sites for hydroxylation is 1. The smallest absolute Gasteiger partial charge is 0.346 e. The van der Waals surface area contributed by atoms with Crippen LogP contribution in [0.15, 0.2) is 53.3 Å². The second-order valence-electron chi connectivity index (χ2n) is 8.72. The number of nitrogens with zero attached hydrogens (tertiary/aromatic N) is 3. The highest BCUT2D eigenvalue weighted by Crippen LogP contribution is 2.24. The molecule has 2 aromatic carbocycles. The first-order valence-electron chi connectivity index (χ1n) is 11.5. The number of carbonyl (C=O) groups is 1. The largest absolute Gasteiger partial charge is 0.478 e. The summed E-state index contributed by atoms with van der Waals surface area (Å²) >= 11 is 0. The molecule has 0 amide bonds. The van der Waals surface area contributed by atoms with E-state index in [1.165, 1.54) is 12.8 Å². The van der Waals surface area contributed by atoms with Gasteiger partial charge in [0.15, 0.2) is 0 Å². The first-order valence-corrected chi connectivity index (χ1v) is 11.5. The van der Waals surface area contributed by atoms with Crippen molar-refractivity contribution in [1.82, 2.24) is 14.3 Å². The van der Waals surface area contributed by atoms with E-state index in [-0.39, 0.29) is 11.3 Å². The van der Waals surface area contributed by atoms with E-state index in [0.717, 1.165) is 36.2 Å². The van der Waals surface area contributed by atoms with Crippen LogP contribution in [-0.4, -0.2) is 25.4 Å². The lowest BCUT2D eigenvalue weighted by atomic mass is 9.99. The SMILES string of the molecule is CCCCCCc1nn(CC(C)C)c(=O)n1Cc1ccc(-c2ccccc2C(=O)O)cc1. The fraction of sp³-hybridized carbons (Fsp3) is 0.423. The van der Waals surface area contributed by atoms with Gasteiger partial charge in [-0.15, -0.1) is 0 Å². The predicted molar refractivity (Wildman–Crippen MR) is 127 cm³/mol. The Bertz CT molecular complexity index is 1090. The Balaban J connectivity index is 1.85. The Hall–Kier alpha value is -3.15. The fourth-order valence-electron chi connectivity index (χ4n) is 3.90. The fourth-order valence-corrected chi connectivity index (χ4v) is 3.90. The van der Waals surface area contributed by atoms with Crippen molar-refractivity contribution < 1.29 is 9.90 Å². The molecule has 32 heavy (non-hydrogen) atoms. The van der Waals surface area contributed by atoms with Crippen LogP contribution in [0.4, 0.5) is 0 Å². The molecule has 0 fully saturated rings. The number of benzene rings is 2. The second-order valence-corrected chi connectivity index (χ2v) is 8.72. The average molecular weight is 436 g/mol. The van der Waals surface area contributed by atoms with E-state index < -0.39 is 5.97 Å². The molecule has 3 aromatic rings. The quantitative estimate of drug-likeness (QED) is 0.418. The van der Waals surface area contributed by atoms with Gasteiger partial charge >= 0.3 is 11.7 Å². The van der Waals surface area contributed by atoms with Crippen LogP contribution in [0.3, 0.4) is 0 Å². The van der Waals surface area contributed by atoms with Crippen LogP contribution in [-0.2, 0) is 19.5 Å². The Morgan fingerprint density at radius 1 is 1.03 bits per heavy atom. The lowest BCUT2D eigenvalue weighted by molar-refractivity contribution is 0.0697. The Morgan fingerprint density at radius 2 is 1.75 bits per heavy atom. The highest BCUT2D eigenvalue weighted by Gasteiger charge is 2.15. The van der Waals surface area contributed by atoms with E-state index in [1.807, 2.05) is 36.4 Å². The summed E-state index contributed by atoms with van der Waals surface area (Å²) in [6.45, 7) is 7.42. The minimum atomic E-state index is -0.943. The number of unbranched alkanes of at least 4 members (excludes halogenated alkanes) is 3. The molecule has 0 unspecified atom stereocenters. The molecule has 1 aromatic heterocycles. The molecule has 1 N–H and O–H groups in total.